The molecule has 0 spiro atoms. The Balaban J connectivity index is 2.07. The second-order valence-corrected chi connectivity index (χ2v) is 3.88. The summed E-state index contributed by atoms with van der Waals surface area (Å²) in [6.07, 6.45) is 4.25. The van der Waals surface area contributed by atoms with Crippen LogP contribution in [-0.2, 0) is 16.0 Å². The van der Waals surface area contributed by atoms with Crippen molar-refractivity contribution in [2.75, 3.05) is 12.4 Å². The summed E-state index contributed by atoms with van der Waals surface area (Å²) in [5, 5.41) is 2.35. The van der Waals surface area contributed by atoms with Gasteiger partial charge in [-0.15, -0.1) is 0 Å². The summed E-state index contributed by atoms with van der Waals surface area (Å²) in [4.78, 5) is 29.2. The number of nitrogens with one attached hydrogen (secondary N) is 1. The highest BCUT2D eigenvalue weighted by atomic mass is 16.5. The monoisotopic (exact) mass is 275 g/mol. The lowest BCUT2D eigenvalue weighted by molar-refractivity contribution is -0.107. The van der Waals surface area contributed by atoms with Crippen molar-refractivity contribution in [1.82, 2.24) is 9.97 Å². The number of nitrogens with zero attached hydrogens (tertiary/aromatic N) is 2. The van der Waals surface area contributed by atoms with E-state index in [9.17, 15) is 9.59 Å². The van der Waals surface area contributed by atoms with Crippen LogP contribution in [-0.4, -0.2) is 29.5 Å². The van der Waals surface area contributed by atoms with E-state index >= 15 is 0 Å². The second-order valence-electron chi connectivity index (χ2n) is 3.88. The van der Waals surface area contributed by atoms with Gasteiger partial charge in [-0.3, -0.25) is 5.32 Å². The number of furan rings is 1. The fraction of sp³-hybridized carbons (Fsp3) is 0.231. The average molecular weight is 275 g/mol. The Morgan fingerprint density at radius 3 is 2.80 bits per heavy atom. The number of aromatic nitrogens is 2. The van der Waals surface area contributed by atoms with E-state index in [0.29, 0.717) is 24.2 Å². The van der Waals surface area contributed by atoms with Gasteiger partial charge in [0.15, 0.2) is 0 Å². The highest BCUT2D eigenvalue weighted by Gasteiger charge is 2.07. The van der Waals surface area contributed by atoms with Crippen LogP contribution < -0.4 is 5.32 Å². The first-order valence-corrected chi connectivity index (χ1v) is 5.92. The molecule has 0 unspecified atom stereocenters. The Morgan fingerprint density at radius 1 is 1.40 bits per heavy atom. The van der Waals surface area contributed by atoms with Crippen molar-refractivity contribution < 1.29 is 18.7 Å². The van der Waals surface area contributed by atoms with Crippen LogP contribution in [0.2, 0.25) is 0 Å². The van der Waals surface area contributed by atoms with Crippen LogP contribution in [0.4, 0.5) is 10.7 Å². The van der Waals surface area contributed by atoms with Crippen molar-refractivity contribution >= 4 is 18.3 Å². The van der Waals surface area contributed by atoms with Crippen molar-refractivity contribution in [1.29, 1.82) is 0 Å². The third-order valence-corrected chi connectivity index (χ3v) is 2.51. The Labute approximate surface area is 115 Å². The van der Waals surface area contributed by atoms with E-state index in [4.69, 9.17) is 4.42 Å². The van der Waals surface area contributed by atoms with Crippen LogP contribution in [0.3, 0.4) is 0 Å². The highest BCUT2D eigenvalue weighted by molar-refractivity contribution is 5.82. The number of aldehydes is 1. The molecule has 0 aliphatic carbocycles. The van der Waals surface area contributed by atoms with E-state index in [1.54, 1.807) is 12.1 Å². The number of ether oxygens (including phenoxy) is 1. The van der Waals surface area contributed by atoms with Crippen LogP contribution in [0.25, 0.3) is 11.3 Å². The molecular formula is C13H13N3O4. The topological polar surface area (TPSA) is 94.3 Å². The summed E-state index contributed by atoms with van der Waals surface area (Å²) in [7, 11) is 1.26. The molecule has 2 heterocycles. The Hall–Kier alpha value is -2.70. The maximum absolute atomic E-state index is 11.0. The van der Waals surface area contributed by atoms with Crippen LogP contribution in [0.15, 0.2) is 28.9 Å². The molecule has 0 fully saturated rings. The number of anilines is 1. The number of amides is 1. The summed E-state index contributed by atoms with van der Waals surface area (Å²) in [5.74, 6) is 1.48. The summed E-state index contributed by atoms with van der Waals surface area (Å²) >= 11 is 0. The molecule has 7 nitrogen and oxygen atoms in total. The molecule has 2 aromatic rings. The lowest BCUT2D eigenvalue weighted by Gasteiger charge is -2.02. The van der Waals surface area contributed by atoms with E-state index < -0.39 is 6.09 Å². The zero-order valence-corrected chi connectivity index (χ0v) is 10.8. The number of hydrogen-bond donors (Lipinski definition) is 1. The third-order valence-electron chi connectivity index (χ3n) is 2.51. The molecule has 7 heteroatoms. The maximum Gasteiger partial charge on any atom is 0.413 e. The minimum Gasteiger partial charge on any atom is -0.461 e. The molecule has 0 aromatic carbocycles. The van der Waals surface area contributed by atoms with Crippen LogP contribution in [0.5, 0.6) is 0 Å². The molecule has 0 radical (unpaired) electrons. The van der Waals surface area contributed by atoms with E-state index in [2.05, 4.69) is 20.0 Å². The van der Waals surface area contributed by atoms with Crippen molar-refractivity contribution in [3.63, 3.8) is 0 Å². The molecule has 0 atom stereocenters. The molecule has 1 N–H and O–H groups in total. The maximum atomic E-state index is 11.0. The molecule has 104 valence electrons. The highest BCUT2D eigenvalue weighted by Crippen LogP contribution is 2.21. The fourth-order valence-electron chi connectivity index (χ4n) is 1.53. The van der Waals surface area contributed by atoms with E-state index in [-0.39, 0.29) is 5.95 Å². The molecule has 0 saturated carbocycles. The molecular weight excluding hydrogens is 262 g/mol. The van der Waals surface area contributed by atoms with Crippen LogP contribution in [0.1, 0.15) is 12.2 Å². The summed E-state index contributed by atoms with van der Waals surface area (Å²) in [5.41, 5.74) is 0.678. The molecule has 1 amide bonds. The van der Waals surface area contributed by atoms with Gasteiger partial charge in [0.05, 0.1) is 12.7 Å². The quantitative estimate of drug-likeness (QED) is 0.839. The lowest BCUT2D eigenvalue weighted by Crippen LogP contribution is -2.13. The number of carbonyl (C=O) groups excluding carboxylic acids is 2. The number of rotatable bonds is 5. The van der Waals surface area contributed by atoms with Crippen molar-refractivity contribution in [2.24, 2.45) is 0 Å². The minimum atomic E-state index is -0.633. The van der Waals surface area contributed by atoms with E-state index in [0.717, 1.165) is 12.0 Å². The van der Waals surface area contributed by atoms with Gasteiger partial charge < -0.3 is 13.9 Å². The van der Waals surface area contributed by atoms with E-state index in [1.165, 1.54) is 19.5 Å². The lowest BCUT2D eigenvalue weighted by atomic mass is 10.2. The number of methoxy groups -OCH3 is 1. The first-order valence-electron chi connectivity index (χ1n) is 5.92. The molecule has 0 aliphatic rings. The fourth-order valence-corrected chi connectivity index (χ4v) is 1.53. The van der Waals surface area contributed by atoms with Crippen molar-refractivity contribution in [3.8, 4) is 11.3 Å². The average Bonchev–Trinajstić information content (AvgIpc) is 2.94. The number of aryl methyl sites for hydroxylation is 1. The number of hydrogen-bond acceptors (Lipinski definition) is 6. The van der Waals surface area contributed by atoms with Gasteiger partial charge in [0, 0.05) is 25.2 Å². The van der Waals surface area contributed by atoms with Gasteiger partial charge in [0.1, 0.15) is 17.8 Å². The minimum absolute atomic E-state index is 0.147. The van der Waals surface area contributed by atoms with Gasteiger partial charge in [0.25, 0.3) is 0 Å². The molecule has 20 heavy (non-hydrogen) atoms. The summed E-state index contributed by atoms with van der Waals surface area (Å²) in [6.45, 7) is 0. The SMILES string of the molecule is COC(=O)Nc1ncc(-c2ccc(CCC=O)o2)cn1. The Morgan fingerprint density at radius 2 is 2.15 bits per heavy atom. The van der Waals surface area contributed by atoms with Gasteiger partial charge in [-0.05, 0) is 12.1 Å². The van der Waals surface area contributed by atoms with E-state index in [1.807, 2.05) is 0 Å². The predicted molar refractivity (Wildman–Crippen MR) is 70.1 cm³/mol. The molecule has 0 aliphatic heterocycles. The first kappa shape index (κ1) is 13.7. The Bertz CT molecular complexity index is 592. The molecule has 2 aromatic heterocycles. The smallest absolute Gasteiger partial charge is 0.413 e. The van der Waals surface area contributed by atoms with Gasteiger partial charge >= 0.3 is 6.09 Å². The Kier molecular flexibility index (Phi) is 4.43. The van der Waals surface area contributed by atoms with Gasteiger partial charge in [-0.25, -0.2) is 14.8 Å². The normalized spacial score (nSPS) is 10.1. The largest absolute Gasteiger partial charge is 0.461 e. The van der Waals surface area contributed by atoms with Crippen molar-refractivity contribution in [3.05, 3.63) is 30.3 Å². The van der Waals surface area contributed by atoms with Gasteiger partial charge in [0.2, 0.25) is 5.95 Å². The third kappa shape index (κ3) is 3.41. The molecule has 0 bridgehead atoms. The zero-order chi connectivity index (χ0) is 14.4. The van der Waals surface area contributed by atoms with Gasteiger partial charge in [-0.1, -0.05) is 0 Å². The standard InChI is InChI=1S/C13H13N3O4/c1-19-13(18)16-12-14-7-9(8-15-12)11-5-4-10(20-11)3-2-6-17/h4-8H,2-3H2,1H3,(H,14,15,16,18). The van der Waals surface area contributed by atoms with Gasteiger partial charge in [-0.2, -0.15) is 0 Å². The summed E-state index contributed by atoms with van der Waals surface area (Å²) < 4.78 is 10.00. The predicted octanol–water partition coefficient (Wildman–Crippen LogP) is 2.05. The second kappa shape index (κ2) is 6.46. The summed E-state index contributed by atoms with van der Waals surface area (Å²) in [6, 6.07) is 3.59. The van der Waals surface area contributed by atoms with Crippen LogP contribution >= 0.6 is 0 Å². The molecule has 2 rings (SSSR count). The van der Waals surface area contributed by atoms with Crippen LogP contribution in [0, 0.1) is 0 Å². The molecule has 0 saturated heterocycles. The number of carbonyl (C=O) groups is 2. The zero-order valence-electron chi connectivity index (χ0n) is 10.8. The first-order chi connectivity index (χ1) is 9.72. The van der Waals surface area contributed by atoms with Crippen molar-refractivity contribution in [2.45, 2.75) is 12.8 Å².